The third kappa shape index (κ3) is 3.43. The molecule has 2 fully saturated rings. The number of carbonyl (C=O) groups excluding carboxylic acids is 4. The van der Waals surface area contributed by atoms with Gasteiger partial charge in [0.1, 0.15) is 0 Å². The van der Waals surface area contributed by atoms with Crippen LogP contribution in [0.25, 0.3) is 0 Å². The topological polar surface area (TPSA) is 86.8 Å². The Balaban J connectivity index is 1.51. The molecule has 8 heteroatoms. The number of nitrogens with zero attached hydrogens (tertiary/aromatic N) is 2. The summed E-state index contributed by atoms with van der Waals surface area (Å²) in [5.74, 6) is -0.535. The van der Waals surface area contributed by atoms with E-state index >= 15 is 0 Å². The second kappa shape index (κ2) is 7.04. The average molecular weight is 347 g/mol. The Hall–Kier alpha value is -2.35. The summed E-state index contributed by atoms with van der Waals surface area (Å²) in [6, 6.07) is 8.41. The zero-order valence-corrected chi connectivity index (χ0v) is 13.8. The highest BCUT2D eigenvalue weighted by Gasteiger charge is 2.40. The molecule has 0 bridgehead atoms. The van der Waals surface area contributed by atoms with Gasteiger partial charge in [-0.05, 0) is 18.6 Å². The SMILES string of the molecule is O=C(NCC(=O)N1CC[C@@H](N2C(=O)CSC2=O)C1)c1ccccc1. The molecule has 2 aliphatic heterocycles. The van der Waals surface area contributed by atoms with Crippen LogP contribution < -0.4 is 5.32 Å². The molecule has 126 valence electrons. The molecule has 1 atom stereocenters. The number of benzene rings is 1. The molecule has 2 saturated heterocycles. The Labute approximate surface area is 143 Å². The first kappa shape index (κ1) is 16.5. The number of amides is 4. The molecule has 0 saturated carbocycles. The van der Waals surface area contributed by atoms with Crippen molar-refractivity contribution in [2.45, 2.75) is 12.5 Å². The second-order valence-corrected chi connectivity index (χ2v) is 6.58. The van der Waals surface area contributed by atoms with Gasteiger partial charge in [0.15, 0.2) is 0 Å². The van der Waals surface area contributed by atoms with Crippen LogP contribution in [0.5, 0.6) is 0 Å². The summed E-state index contributed by atoms with van der Waals surface area (Å²) in [7, 11) is 0. The zero-order chi connectivity index (χ0) is 17.1. The highest BCUT2D eigenvalue weighted by molar-refractivity contribution is 8.14. The van der Waals surface area contributed by atoms with Crippen LogP contribution in [-0.2, 0) is 9.59 Å². The largest absolute Gasteiger partial charge is 0.343 e. The molecule has 0 unspecified atom stereocenters. The van der Waals surface area contributed by atoms with E-state index in [-0.39, 0.29) is 41.3 Å². The maximum absolute atomic E-state index is 12.2. The summed E-state index contributed by atoms with van der Waals surface area (Å²) in [6.07, 6.45) is 0.580. The van der Waals surface area contributed by atoms with Gasteiger partial charge in [-0.25, -0.2) is 0 Å². The smallest absolute Gasteiger partial charge is 0.289 e. The molecular weight excluding hydrogens is 330 g/mol. The molecule has 1 aromatic carbocycles. The standard InChI is InChI=1S/C16H17N3O4S/c20-13(8-17-15(22)11-4-2-1-3-5-11)18-7-6-12(9-18)19-14(21)10-24-16(19)23/h1-5,12H,6-10H2,(H,17,22)/t12-/m1/s1. The number of hydrogen-bond acceptors (Lipinski definition) is 5. The van der Waals surface area contributed by atoms with Gasteiger partial charge in [0.25, 0.3) is 11.1 Å². The highest BCUT2D eigenvalue weighted by atomic mass is 32.2. The Morgan fingerprint density at radius 2 is 1.96 bits per heavy atom. The van der Waals surface area contributed by atoms with E-state index in [2.05, 4.69) is 5.32 Å². The minimum absolute atomic E-state index is 0.100. The predicted octanol–water partition coefficient (Wildman–Crippen LogP) is 0.713. The van der Waals surface area contributed by atoms with Crippen LogP contribution in [0.15, 0.2) is 30.3 Å². The molecule has 4 amide bonds. The summed E-state index contributed by atoms with van der Waals surface area (Å²) in [6.45, 7) is 0.710. The molecule has 2 aliphatic rings. The van der Waals surface area contributed by atoms with Gasteiger partial charge < -0.3 is 10.2 Å². The number of likely N-dealkylation sites (tertiary alicyclic amines) is 1. The fourth-order valence-electron chi connectivity index (χ4n) is 2.86. The van der Waals surface area contributed by atoms with Gasteiger partial charge in [0.2, 0.25) is 11.8 Å². The van der Waals surface area contributed by atoms with Crippen LogP contribution in [0.2, 0.25) is 0 Å². The molecule has 0 radical (unpaired) electrons. The van der Waals surface area contributed by atoms with Crippen LogP contribution >= 0.6 is 11.8 Å². The third-order valence-electron chi connectivity index (χ3n) is 4.10. The number of nitrogens with one attached hydrogen (secondary N) is 1. The second-order valence-electron chi connectivity index (χ2n) is 5.65. The minimum atomic E-state index is -0.305. The van der Waals surface area contributed by atoms with Crippen molar-refractivity contribution in [3.8, 4) is 0 Å². The van der Waals surface area contributed by atoms with Crippen molar-refractivity contribution in [2.24, 2.45) is 0 Å². The van der Waals surface area contributed by atoms with Gasteiger partial charge in [-0.2, -0.15) is 0 Å². The lowest BCUT2D eigenvalue weighted by Crippen LogP contribution is -2.43. The normalized spacial score (nSPS) is 20.6. The fourth-order valence-corrected chi connectivity index (χ4v) is 3.63. The van der Waals surface area contributed by atoms with Gasteiger partial charge in [-0.3, -0.25) is 24.1 Å². The van der Waals surface area contributed by atoms with Crippen LogP contribution in [-0.4, -0.2) is 64.2 Å². The zero-order valence-electron chi connectivity index (χ0n) is 12.9. The first-order valence-corrected chi connectivity index (χ1v) is 8.64. The summed E-state index contributed by atoms with van der Waals surface area (Å²) >= 11 is 0.999. The van der Waals surface area contributed by atoms with E-state index in [4.69, 9.17) is 0 Å². The Kier molecular flexibility index (Phi) is 4.84. The number of carbonyl (C=O) groups is 4. The number of rotatable bonds is 4. The van der Waals surface area contributed by atoms with Crippen molar-refractivity contribution in [3.63, 3.8) is 0 Å². The van der Waals surface area contributed by atoms with Crippen LogP contribution in [0.4, 0.5) is 4.79 Å². The molecular formula is C16H17N3O4S. The molecule has 1 aromatic rings. The van der Waals surface area contributed by atoms with Crippen LogP contribution in [0.3, 0.4) is 0 Å². The maximum Gasteiger partial charge on any atom is 0.289 e. The third-order valence-corrected chi connectivity index (χ3v) is 4.94. The number of imide groups is 1. The summed E-state index contributed by atoms with van der Waals surface area (Å²) < 4.78 is 0. The van der Waals surface area contributed by atoms with Crippen molar-refractivity contribution in [3.05, 3.63) is 35.9 Å². The van der Waals surface area contributed by atoms with E-state index in [9.17, 15) is 19.2 Å². The van der Waals surface area contributed by atoms with Gasteiger partial charge in [-0.15, -0.1) is 0 Å². The van der Waals surface area contributed by atoms with Gasteiger partial charge in [0, 0.05) is 18.7 Å². The summed E-state index contributed by atoms with van der Waals surface area (Å²) in [4.78, 5) is 50.5. The molecule has 0 aromatic heterocycles. The lowest BCUT2D eigenvalue weighted by atomic mass is 10.2. The Morgan fingerprint density at radius 3 is 2.62 bits per heavy atom. The Morgan fingerprint density at radius 1 is 1.21 bits per heavy atom. The van der Waals surface area contributed by atoms with E-state index in [1.54, 1.807) is 29.2 Å². The lowest BCUT2D eigenvalue weighted by molar-refractivity contribution is -0.130. The highest BCUT2D eigenvalue weighted by Crippen LogP contribution is 2.26. The molecule has 1 N–H and O–H groups in total. The van der Waals surface area contributed by atoms with E-state index in [0.717, 1.165) is 11.8 Å². The van der Waals surface area contributed by atoms with Crippen molar-refractivity contribution in [1.29, 1.82) is 0 Å². The summed E-state index contributed by atoms with van der Waals surface area (Å²) in [5.41, 5.74) is 0.495. The van der Waals surface area contributed by atoms with Gasteiger partial charge in [0.05, 0.1) is 18.3 Å². The van der Waals surface area contributed by atoms with Gasteiger partial charge >= 0.3 is 0 Å². The molecule has 0 aliphatic carbocycles. The molecule has 2 heterocycles. The molecule has 24 heavy (non-hydrogen) atoms. The lowest BCUT2D eigenvalue weighted by Gasteiger charge is -2.22. The van der Waals surface area contributed by atoms with Crippen molar-refractivity contribution < 1.29 is 19.2 Å². The molecule has 0 spiro atoms. The average Bonchev–Trinajstić information content (AvgIpc) is 3.20. The van der Waals surface area contributed by atoms with E-state index in [1.165, 1.54) is 4.90 Å². The monoisotopic (exact) mass is 347 g/mol. The molecule has 3 rings (SSSR count). The minimum Gasteiger partial charge on any atom is -0.343 e. The maximum atomic E-state index is 12.2. The number of hydrogen-bond donors (Lipinski definition) is 1. The first-order chi connectivity index (χ1) is 11.6. The van der Waals surface area contributed by atoms with Gasteiger partial charge in [-0.1, -0.05) is 30.0 Å². The molecule has 7 nitrogen and oxygen atoms in total. The first-order valence-electron chi connectivity index (χ1n) is 7.66. The Bertz CT molecular complexity index is 663. The predicted molar refractivity (Wildman–Crippen MR) is 88.5 cm³/mol. The van der Waals surface area contributed by atoms with E-state index in [1.807, 2.05) is 6.07 Å². The van der Waals surface area contributed by atoms with Crippen molar-refractivity contribution >= 4 is 34.7 Å². The van der Waals surface area contributed by atoms with Crippen molar-refractivity contribution in [1.82, 2.24) is 15.1 Å². The number of thioether (sulfide) groups is 1. The fraction of sp³-hybridized carbons (Fsp3) is 0.375. The van der Waals surface area contributed by atoms with E-state index in [0.29, 0.717) is 25.1 Å². The summed E-state index contributed by atoms with van der Waals surface area (Å²) in [5, 5.41) is 2.36. The quantitative estimate of drug-likeness (QED) is 0.867. The van der Waals surface area contributed by atoms with Crippen molar-refractivity contribution in [2.75, 3.05) is 25.4 Å². The van der Waals surface area contributed by atoms with Crippen LogP contribution in [0.1, 0.15) is 16.8 Å². The van der Waals surface area contributed by atoms with E-state index < -0.39 is 0 Å². The van der Waals surface area contributed by atoms with Crippen LogP contribution in [0, 0.1) is 0 Å².